The van der Waals surface area contributed by atoms with E-state index in [-0.39, 0.29) is 6.29 Å². The maximum Gasteiger partial charge on any atom is 0.157 e. The minimum Gasteiger partial charge on any atom is -0.353 e. The van der Waals surface area contributed by atoms with Crippen molar-refractivity contribution in [1.82, 2.24) is 0 Å². The molecule has 0 aromatic heterocycles. The molecule has 0 radical (unpaired) electrons. The first-order valence-corrected chi connectivity index (χ1v) is 8.73. The largest absolute Gasteiger partial charge is 0.353 e. The van der Waals surface area contributed by atoms with Gasteiger partial charge in [-0.25, -0.2) is 0 Å². The summed E-state index contributed by atoms with van der Waals surface area (Å²) in [7, 11) is 0. The van der Waals surface area contributed by atoms with Gasteiger partial charge in [0, 0.05) is 13.2 Å². The van der Waals surface area contributed by atoms with Crippen LogP contribution in [0.2, 0.25) is 0 Å². The van der Waals surface area contributed by atoms with Gasteiger partial charge in [0.2, 0.25) is 0 Å². The van der Waals surface area contributed by atoms with E-state index in [0.29, 0.717) is 0 Å². The van der Waals surface area contributed by atoms with Gasteiger partial charge in [0.15, 0.2) is 6.29 Å². The summed E-state index contributed by atoms with van der Waals surface area (Å²) in [4.78, 5) is 0. The summed E-state index contributed by atoms with van der Waals surface area (Å²) in [5.74, 6) is 0. The van der Waals surface area contributed by atoms with E-state index in [2.05, 4.69) is 32.9 Å². The molecule has 2 nitrogen and oxygen atoms in total. The minimum atomic E-state index is 0.0300. The van der Waals surface area contributed by atoms with Crippen molar-refractivity contribution in [3.8, 4) is 0 Å². The van der Waals surface area contributed by atoms with E-state index >= 15 is 0 Å². The lowest BCUT2D eigenvalue weighted by Crippen LogP contribution is -2.18. The van der Waals surface area contributed by atoms with Crippen molar-refractivity contribution in [1.29, 1.82) is 0 Å². The highest BCUT2D eigenvalue weighted by atomic mass is 16.7. The molecular formula is C18H36O2. The summed E-state index contributed by atoms with van der Waals surface area (Å²) in [6.45, 7) is 8.11. The van der Waals surface area contributed by atoms with Crippen LogP contribution >= 0.6 is 0 Å². The fourth-order valence-electron chi connectivity index (χ4n) is 2.10. The Kier molecular flexibility index (Phi) is 16.4. The summed E-state index contributed by atoms with van der Waals surface area (Å²) < 4.78 is 11.5. The average Bonchev–Trinajstić information content (AvgIpc) is 2.47. The lowest BCUT2D eigenvalue weighted by molar-refractivity contribution is -0.146. The van der Waals surface area contributed by atoms with Gasteiger partial charge in [0.25, 0.3) is 0 Å². The minimum absolute atomic E-state index is 0.0300. The van der Waals surface area contributed by atoms with Crippen LogP contribution in [0, 0.1) is 0 Å². The van der Waals surface area contributed by atoms with Gasteiger partial charge in [0.1, 0.15) is 0 Å². The predicted molar refractivity (Wildman–Crippen MR) is 88.0 cm³/mol. The maximum absolute atomic E-state index is 5.73. The molecule has 0 amide bonds. The van der Waals surface area contributed by atoms with Crippen molar-refractivity contribution in [2.24, 2.45) is 0 Å². The molecule has 0 aromatic carbocycles. The van der Waals surface area contributed by atoms with Crippen LogP contribution in [0.3, 0.4) is 0 Å². The lowest BCUT2D eigenvalue weighted by atomic mass is 10.1. The highest BCUT2D eigenvalue weighted by Gasteiger charge is 2.07. The number of unbranched alkanes of at least 4 members (excludes halogenated alkanes) is 5. The molecule has 20 heavy (non-hydrogen) atoms. The molecule has 0 bridgehead atoms. The molecular weight excluding hydrogens is 248 g/mol. The van der Waals surface area contributed by atoms with Crippen LogP contribution in [0.25, 0.3) is 0 Å². The van der Waals surface area contributed by atoms with Crippen molar-refractivity contribution in [3.05, 3.63) is 12.2 Å². The van der Waals surface area contributed by atoms with Gasteiger partial charge in [-0.3, -0.25) is 0 Å². The second kappa shape index (κ2) is 16.7. The zero-order valence-corrected chi connectivity index (χ0v) is 14.0. The third-order valence-electron chi connectivity index (χ3n) is 3.23. The van der Waals surface area contributed by atoms with E-state index < -0.39 is 0 Å². The molecule has 0 spiro atoms. The Morgan fingerprint density at radius 3 is 1.95 bits per heavy atom. The Balaban J connectivity index is 3.44. The first-order chi connectivity index (χ1) is 9.85. The van der Waals surface area contributed by atoms with Crippen LogP contribution in [0.1, 0.15) is 85.0 Å². The summed E-state index contributed by atoms with van der Waals surface area (Å²) in [5, 5.41) is 0. The van der Waals surface area contributed by atoms with Crippen molar-refractivity contribution < 1.29 is 9.47 Å². The SMILES string of the molecule is CC/C=C\CCCCCCCC(OCCC)OCCC. The first kappa shape index (κ1) is 19.7. The molecule has 0 N–H and O–H groups in total. The Labute approximate surface area is 126 Å². The third kappa shape index (κ3) is 14.1. The normalized spacial score (nSPS) is 11.8. The fourth-order valence-corrected chi connectivity index (χ4v) is 2.10. The van der Waals surface area contributed by atoms with Crippen LogP contribution in [-0.2, 0) is 9.47 Å². The van der Waals surface area contributed by atoms with Crippen molar-refractivity contribution in [2.75, 3.05) is 13.2 Å². The van der Waals surface area contributed by atoms with Crippen LogP contribution in [0.4, 0.5) is 0 Å². The average molecular weight is 284 g/mol. The monoisotopic (exact) mass is 284 g/mol. The Hall–Kier alpha value is -0.340. The molecule has 0 aliphatic carbocycles. The zero-order chi connectivity index (χ0) is 14.9. The van der Waals surface area contributed by atoms with Crippen molar-refractivity contribution in [2.45, 2.75) is 91.3 Å². The number of ether oxygens (including phenoxy) is 2. The molecule has 0 aromatic rings. The van der Waals surface area contributed by atoms with Crippen LogP contribution in [-0.4, -0.2) is 19.5 Å². The number of hydrogen-bond donors (Lipinski definition) is 0. The molecule has 0 unspecified atom stereocenters. The van der Waals surface area contributed by atoms with E-state index in [1.54, 1.807) is 0 Å². The lowest BCUT2D eigenvalue weighted by Gasteiger charge is -2.18. The predicted octanol–water partition coefficient (Wildman–Crippen LogP) is 5.86. The van der Waals surface area contributed by atoms with E-state index in [1.165, 1.54) is 38.5 Å². The van der Waals surface area contributed by atoms with E-state index in [4.69, 9.17) is 9.47 Å². The molecule has 0 saturated heterocycles. The third-order valence-corrected chi connectivity index (χ3v) is 3.23. The number of rotatable bonds is 15. The number of allylic oxidation sites excluding steroid dienone is 2. The topological polar surface area (TPSA) is 18.5 Å². The van der Waals surface area contributed by atoms with Gasteiger partial charge in [-0.1, -0.05) is 52.2 Å². The van der Waals surface area contributed by atoms with E-state index in [1.807, 2.05) is 0 Å². The molecule has 0 aliphatic heterocycles. The van der Waals surface area contributed by atoms with Crippen LogP contribution in [0.15, 0.2) is 12.2 Å². The van der Waals surface area contributed by atoms with Gasteiger partial charge in [0.05, 0.1) is 0 Å². The summed E-state index contributed by atoms with van der Waals surface area (Å²) in [5.41, 5.74) is 0. The number of hydrogen-bond acceptors (Lipinski definition) is 2. The van der Waals surface area contributed by atoms with Gasteiger partial charge in [-0.15, -0.1) is 0 Å². The summed E-state index contributed by atoms with van der Waals surface area (Å²) in [6.07, 6.45) is 16.8. The highest BCUT2D eigenvalue weighted by molar-refractivity contribution is 4.79. The standard InChI is InChI=1S/C18H36O2/c1-4-7-8-9-10-11-12-13-14-15-18(19-16-5-2)20-17-6-3/h7-8,18H,4-6,9-17H2,1-3H3/b8-7-. The highest BCUT2D eigenvalue weighted by Crippen LogP contribution is 2.12. The molecule has 0 heterocycles. The molecule has 0 saturated carbocycles. The Morgan fingerprint density at radius 1 is 0.750 bits per heavy atom. The Morgan fingerprint density at radius 2 is 1.35 bits per heavy atom. The molecule has 0 rings (SSSR count). The van der Waals surface area contributed by atoms with Crippen LogP contribution in [0.5, 0.6) is 0 Å². The second-order valence-electron chi connectivity index (χ2n) is 5.40. The maximum atomic E-state index is 5.73. The van der Waals surface area contributed by atoms with E-state index in [0.717, 1.165) is 38.9 Å². The molecule has 120 valence electrons. The summed E-state index contributed by atoms with van der Waals surface area (Å²) in [6, 6.07) is 0. The van der Waals surface area contributed by atoms with Crippen molar-refractivity contribution >= 4 is 0 Å². The van der Waals surface area contributed by atoms with Gasteiger partial charge < -0.3 is 9.47 Å². The molecule has 0 fully saturated rings. The van der Waals surface area contributed by atoms with Gasteiger partial charge in [-0.2, -0.15) is 0 Å². The van der Waals surface area contributed by atoms with Gasteiger partial charge in [-0.05, 0) is 44.9 Å². The smallest absolute Gasteiger partial charge is 0.157 e. The summed E-state index contributed by atoms with van der Waals surface area (Å²) >= 11 is 0. The van der Waals surface area contributed by atoms with Gasteiger partial charge >= 0.3 is 0 Å². The molecule has 0 aliphatic rings. The zero-order valence-electron chi connectivity index (χ0n) is 14.0. The first-order valence-electron chi connectivity index (χ1n) is 8.73. The van der Waals surface area contributed by atoms with Crippen molar-refractivity contribution in [3.63, 3.8) is 0 Å². The molecule has 2 heteroatoms. The fraction of sp³-hybridized carbons (Fsp3) is 0.889. The second-order valence-corrected chi connectivity index (χ2v) is 5.40. The quantitative estimate of drug-likeness (QED) is 0.213. The van der Waals surface area contributed by atoms with E-state index in [9.17, 15) is 0 Å². The Bertz CT molecular complexity index is 194. The molecule has 0 atom stereocenters. The van der Waals surface area contributed by atoms with Crippen LogP contribution < -0.4 is 0 Å².